The first-order valence-electron chi connectivity index (χ1n) is 4.57. The van der Waals surface area contributed by atoms with E-state index in [1.807, 2.05) is 6.07 Å². The minimum atomic E-state index is -1.07. The Bertz CT molecular complexity index is 453. The van der Waals surface area contributed by atoms with Crippen LogP contribution >= 0.6 is 11.8 Å². The number of aromatic carboxylic acids is 1. The molecule has 17 heavy (non-hydrogen) atoms. The molecular weight excluding hydrogens is 242 g/mol. The van der Waals surface area contributed by atoms with E-state index < -0.39 is 5.97 Å². The van der Waals surface area contributed by atoms with Crippen LogP contribution in [0.25, 0.3) is 0 Å². The molecule has 0 aliphatic carbocycles. The summed E-state index contributed by atoms with van der Waals surface area (Å²) in [5, 5.41) is 19.4. The van der Waals surface area contributed by atoms with Gasteiger partial charge in [-0.05, 0) is 12.1 Å². The highest BCUT2D eigenvalue weighted by Gasteiger charge is 2.05. The zero-order chi connectivity index (χ0) is 12.7. The van der Waals surface area contributed by atoms with Crippen molar-refractivity contribution in [3.63, 3.8) is 0 Å². The number of carboxylic acids is 1. The first kappa shape index (κ1) is 13.0. The number of nitrogens with zero attached hydrogens (tertiary/aromatic N) is 2. The molecular formula is C10H9N3O3S. The zero-order valence-electron chi connectivity index (χ0n) is 8.71. The average molecular weight is 251 g/mol. The van der Waals surface area contributed by atoms with Crippen LogP contribution in [0.4, 0.5) is 5.82 Å². The Morgan fingerprint density at radius 1 is 1.53 bits per heavy atom. The van der Waals surface area contributed by atoms with Crippen molar-refractivity contribution in [3.8, 4) is 6.07 Å². The molecule has 0 unspecified atom stereocenters. The first-order chi connectivity index (χ1) is 8.13. The molecule has 1 heterocycles. The number of anilines is 1. The number of amides is 1. The Balaban J connectivity index is 2.49. The fraction of sp³-hybridized carbons (Fsp3) is 0.200. The highest BCUT2D eigenvalue weighted by atomic mass is 32.2. The summed E-state index contributed by atoms with van der Waals surface area (Å²) in [6.45, 7) is 0. The highest BCUT2D eigenvalue weighted by molar-refractivity contribution is 8.00. The molecule has 0 saturated heterocycles. The van der Waals surface area contributed by atoms with Crippen LogP contribution in [0.15, 0.2) is 18.3 Å². The van der Waals surface area contributed by atoms with Gasteiger partial charge in [0.15, 0.2) is 0 Å². The van der Waals surface area contributed by atoms with E-state index in [1.165, 1.54) is 30.1 Å². The number of hydrogen-bond donors (Lipinski definition) is 2. The Morgan fingerprint density at radius 2 is 2.29 bits per heavy atom. The monoisotopic (exact) mass is 251 g/mol. The summed E-state index contributed by atoms with van der Waals surface area (Å²) in [6, 6.07) is 4.68. The van der Waals surface area contributed by atoms with Gasteiger partial charge in [-0.15, -0.1) is 11.8 Å². The minimum absolute atomic E-state index is 0.0573. The Morgan fingerprint density at radius 3 is 2.82 bits per heavy atom. The number of carboxylic acid groups (broad SMARTS) is 1. The topological polar surface area (TPSA) is 103 Å². The fourth-order valence-corrected chi connectivity index (χ4v) is 1.41. The van der Waals surface area contributed by atoms with Crippen LogP contribution in [-0.2, 0) is 4.79 Å². The van der Waals surface area contributed by atoms with Crippen LogP contribution in [-0.4, -0.2) is 33.5 Å². The molecule has 1 aromatic heterocycles. The molecule has 0 bridgehead atoms. The van der Waals surface area contributed by atoms with Crippen LogP contribution in [0.3, 0.4) is 0 Å². The highest BCUT2D eigenvalue weighted by Crippen LogP contribution is 2.06. The van der Waals surface area contributed by atoms with Crippen LogP contribution < -0.4 is 5.32 Å². The summed E-state index contributed by atoms with van der Waals surface area (Å²) >= 11 is 1.19. The lowest BCUT2D eigenvalue weighted by Crippen LogP contribution is -2.15. The molecule has 0 aliphatic heterocycles. The third-order valence-corrected chi connectivity index (χ3v) is 2.48. The number of pyridine rings is 1. The molecule has 0 aliphatic rings. The average Bonchev–Trinajstić information content (AvgIpc) is 2.30. The number of carbonyl (C=O) groups is 2. The molecule has 1 rings (SSSR count). The van der Waals surface area contributed by atoms with Gasteiger partial charge in [0.1, 0.15) is 5.82 Å². The van der Waals surface area contributed by atoms with E-state index >= 15 is 0 Å². The largest absolute Gasteiger partial charge is 0.478 e. The van der Waals surface area contributed by atoms with Gasteiger partial charge >= 0.3 is 5.97 Å². The molecule has 0 saturated carbocycles. The number of hydrogen-bond acceptors (Lipinski definition) is 5. The predicted octanol–water partition coefficient (Wildman–Crippen LogP) is 0.975. The maximum atomic E-state index is 11.3. The Hall–Kier alpha value is -2.07. The lowest BCUT2D eigenvalue weighted by Gasteiger charge is -2.03. The van der Waals surface area contributed by atoms with E-state index in [0.29, 0.717) is 0 Å². The molecule has 0 spiro atoms. The van der Waals surface area contributed by atoms with Crippen LogP contribution in [0.5, 0.6) is 0 Å². The Kier molecular flexibility index (Phi) is 4.97. The maximum absolute atomic E-state index is 11.3. The molecule has 0 radical (unpaired) electrons. The molecule has 6 nitrogen and oxygen atoms in total. The third-order valence-electron chi connectivity index (χ3n) is 1.68. The fourth-order valence-electron chi connectivity index (χ4n) is 0.963. The number of aromatic nitrogens is 1. The van der Waals surface area contributed by atoms with Gasteiger partial charge in [-0.25, -0.2) is 9.78 Å². The summed E-state index contributed by atoms with van der Waals surface area (Å²) < 4.78 is 0. The van der Waals surface area contributed by atoms with Gasteiger partial charge in [0.25, 0.3) is 0 Å². The summed E-state index contributed by atoms with van der Waals surface area (Å²) in [4.78, 5) is 25.6. The van der Waals surface area contributed by atoms with Gasteiger partial charge < -0.3 is 10.4 Å². The lowest BCUT2D eigenvalue weighted by molar-refractivity contribution is -0.113. The van der Waals surface area contributed by atoms with Gasteiger partial charge in [-0.2, -0.15) is 5.26 Å². The summed E-state index contributed by atoms with van der Waals surface area (Å²) in [7, 11) is 0. The van der Waals surface area contributed by atoms with Gasteiger partial charge in [0.05, 0.1) is 23.1 Å². The standard InChI is InChI=1S/C10H9N3O3S/c11-3-4-17-6-9(14)13-8-2-1-7(5-12-8)10(15)16/h1-2,5H,4,6H2,(H,15,16)(H,12,13,14). The van der Waals surface area contributed by atoms with Gasteiger partial charge in [0.2, 0.25) is 5.91 Å². The van der Waals surface area contributed by atoms with Crippen molar-refractivity contribution in [2.45, 2.75) is 0 Å². The van der Waals surface area contributed by atoms with E-state index in [4.69, 9.17) is 10.4 Å². The second-order valence-corrected chi connectivity index (χ2v) is 3.92. The first-order valence-corrected chi connectivity index (χ1v) is 5.73. The van der Waals surface area contributed by atoms with Crippen molar-refractivity contribution in [3.05, 3.63) is 23.9 Å². The van der Waals surface area contributed by atoms with Crippen molar-refractivity contribution in [1.82, 2.24) is 4.98 Å². The van der Waals surface area contributed by atoms with Crippen molar-refractivity contribution in [2.24, 2.45) is 0 Å². The van der Waals surface area contributed by atoms with Gasteiger partial charge in [0, 0.05) is 6.20 Å². The smallest absolute Gasteiger partial charge is 0.337 e. The van der Waals surface area contributed by atoms with E-state index in [-0.39, 0.29) is 28.8 Å². The molecule has 0 fully saturated rings. The van der Waals surface area contributed by atoms with Gasteiger partial charge in [-0.3, -0.25) is 4.79 Å². The third kappa shape index (κ3) is 4.53. The second-order valence-electron chi connectivity index (χ2n) is 2.94. The predicted molar refractivity (Wildman–Crippen MR) is 62.8 cm³/mol. The van der Waals surface area contributed by atoms with E-state index in [0.717, 1.165) is 0 Å². The van der Waals surface area contributed by atoms with Crippen molar-refractivity contribution < 1.29 is 14.7 Å². The van der Waals surface area contributed by atoms with E-state index in [9.17, 15) is 9.59 Å². The van der Waals surface area contributed by atoms with Crippen LogP contribution in [0, 0.1) is 11.3 Å². The van der Waals surface area contributed by atoms with E-state index in [2.05, 4.69) is 10.3 Å². The molecule has 0 atom stereocenters. The van der Waals surface area contributed by atoms with Crippen molar-refractivity contribution in [1.29, 1.82) is 5.26 Å². The number of nitriles is 1. The number of carbonyl (C=O) groups excluding carboxylic acids is 1. The van der Waals surface area contributed by atoms with Crippen molar-refractivity contribution in [2.75, 3.05) is 16.8 Å². The van der Waals surface area contributed by atoms with Crippen molar-refractivity contribution >= 4 is 29.5 Å². The number of rotatable bonds is 5. The lowest BCUT2D eigenvalue weighted by atomic mass is 10.3. The summed E-state index contributed by atoms with van der Waals surface area (Å²) in [5.41, 5.74) is 0.0573. The number of thioether (sulfide) groups is 1. The summed E-state index contributed by atoms with van der Waals surface area (Å²) in [6.07, 6.45) is 1.17. The molecule has 2 N–H and O–H groups in total. The maximum Gasteiger partial charge on any atom is 0.337 e. The summed E-state index contributed by atoms with van der Waals surface area (Å²) in [5.74, 6) is -0.646. The van der Waals surface area contributed by atoms with Crippen LogP contribution in [0.1, 0.15) is 10.4 Å². The molecule has 88 valence electrons. The number of nitrogens with one attached hydrogen (secondary N) is 1. The van der Waals surface area contributed by atoms with E-state index in [1.54, 1.807) is 0 Å². The molecule has 7 heteroatoms. The molecule has 1 aromatic rings. The van der Waals surface area contributed by atoms with Gasteiger partial charge in [-0.1, -0.05) is 0 Å². The second kappa shape index (κ2) is 6.50. The Labute approximate surface area is 102 Å². The minimum Gasteiger partial charge on any atom is -0.478 e. The zero-order valence-corrected chi connectivity index (χ0v) is 9.53. The molecule has 1 amide bonds. The quantitative estimate of drug-likeness (QED) is 0.756. The molecule has 0 aromatic carbocycles. The normalized spacial score (nSPS) is 9.35. The SMILES string of the molecule is N#CCSCC(=O)Nc1ccc(C(=O)O)cn1. The van der Waals surface area contributed by atoms with Crippen LogP contribution in [0.2, 0.25) is 0 Å².